The largest absolute Gasteiger partial charge is 0.467 e. The second-order valence-electron chi connectivity index (χ2n) is 4.96. The van der Waals surface area contributed by atoms with Gasteiger partial charge in [-0.05, 0) is 30.3 Å². The minimum atomic E-state index is 0.661. The molecule has 108 valence electrons. The van der Waals surface area contributed by atoms with Crippen molar-refractivity contribution in [3.8, 4) is 17.1 Å². The molecule has 0 aliphatic heterocycles. The van der Waals surface area contributed by atoms with Gasteiger partial charge in [0.05, 0.1) is 18.5 Å². The Bertz CT molecular complexity index is 860. The quantitative estimate of drug-likeness (QED) is 0.579. The van der Waals surface area contributed by atoms with Crippen molar-refractivity contribution in [2.24, 2.45) is 0 Å². The van der Waals surface area contributed by atoms with E-state index < -0.39 is 0 Å². The van der Waals surface area contributed by atoms with Gasteiger partial charge < -0.3 is 8.98 Å². The predicted octanol–water partition coefficient (Wildman–Crippen LogP) is 3.38. The maximum absolute atomic E-state index is 5.42. The third-order valence-corrected chi connectivity index (χ3v) is 3.50. The highest BCUT2D eigenvalue weighted by Crippen LogP contribution is 2.21. The summed E-state index contributed by atoms with van der Waals surface area (Å²) in [6.45, 7) is 0.661. The lowest BCUT2D eigenvalue weighted by atomic mass is 10.2. The summed E-state index contributed by atoms with van der Waals surface area (Å²) in [5.74, 6) is 1.81. The average Bonchev–Trinajstić information content (AvgIpc) is 3.31. The van der Waals surface area contributed by atoms with Crippen LogP contribution in [0.25, 0.3) is 17.1 Å². The molecule has 4 aromatic rings. The average molecular weight is 290 g/mol. The molecule has 0 bridgehead atoms. The smallest absolute Gasteiger partial charge is 0.140 e. The Kier molecular flexibility index (Phi) is 3.08. The summed E-state index contributed by atoms with van der Waals surface area (Å²) in [7, 11) is 0. The zero-order valence-electron chi connectivity index (χ0n) is 11.8. The molecule has 0 aliphatic rings. The van der Waals surface area contributed by atoms with Gasteiger partial charge in [0.15, 0.2) is 0 Å². The van der Waals surface area contributed by atoms with Crippen molar-refractivity contribution in [2.45, 2.75) is 6.54 Å². The highest BCUT2D eigenvalue weighted by Gasteiger charge is 2.09. The van der Waals surface area contributed by atoms with Crippen LogP contribution in [-0.4, -0.2) is 19.3 Å². The number of rotatable bonds is 4. The van der Waals surface area contributed by atoms with Crippen molar-refractivity contribution in [2.75, 3.05) is 0 Å². The number of furan rings is 1. The lowest BCUT2D eigenvalue weighted by Crippen LogP contribution is -2.01. The molecule has 0 N–H and O–H groups in total. The Morgan fingerprint density at radius 1 is 1.00 bits per heavy atom. The third-order valence-electron chi connectivity index (χ3n) is 3.50. The van der Waals surface area contributed by atoms with E-state index in [1.54, 1.807) is 18.7 Å². The fourth-order valence-electron chi connectivity index (χ4n) is 2.48. The molecular weight excluding hydrogens is 276 g/mol. The van der Waals surface area contributed by atoms with Crippen LogP contribution < -0.4 is 0 Å². The summed E-state index contributed by atoms with van der Waals surface area (Å²) >= 11 is 0. The molecule has 5 heteroatoms. The van der Waals surface area contributed by atoms with Gasteiger partial charge in [0, 0.05) is 30.4 Å². The van der Waals surface area contributed by atoms with Crippen LogP contribution in [-0.2, 0) is 6.54 Å². The summed E-state index contributed by atoms with van der Waals surface area (Å²) in [4.78, 5) is 4.48. The molecule has 4 rings (SSSR count). The van der Waals surface area contributed by atoms with E-state index >= 15 is 0 Å². The Morgan fingerprint density at radius 3 is 2.82 bits per heavy atom. The fourth-order valence-corrected chi connectivity index (χ4v) is 2.48. The molecule has 0 atom stereocenters. The molecule has 0 spiro atoms. The van der Waals surface area contributed by atoms with E-state index in [9.17, 15) is 0 Å². The highest BCUT2D eigenvalue weighted by molar-refractivity contribution is 5.59. The topological polar surface area (TPSA) is 48.8 Å². The molecule has 22 heavy (non-hydrogen) atoms. The minimum Gasteiger partial charge on any atom is -0.467 e. The Labute approximate surface area is 127 Å². The maximum atomic E-state index is 5.42. The van der Waals surface area contributed by atoms with E-state index in [2.05, 4.69) is 20.7 Å². The number of aromatic nitrogens is 4. The van der Waals surface area contributed by atoms with Crippen molar-refractivity contribution < 1.29 is 4.42 Å². The van der Waals surface area contributed by atoms with Gasteiger partial charge in [-0.25, -0.2) is 9.67 Å². The van der Waals surface area contributed by atoms with Crippen molar-refractivity contribution in [1.29, 1.82) is 0 Å². The number of nitrogens with zero attached hydrogens (tertiary/aromatic N) is 4. The van der Waals surface area contributed by atoms with Crippen LogP contribution in [0.4, 0.5) is 0 Å². The van der Waals surface area contributed by atoms with Gasteiger partial charge in [0.1, 0.15) is 11.6 Å². The van der Waals surface area contributed by atoms with E-state index in [-0.39, 0.29) is 0 Å². The molecule has 0 radical (unpaired) electrons. The summed E-state index contributed by atoms with van der Waals surface area (Å²) < 4.78 is 9.32. The van der Waals surface area contributed by atoms with Crippen LogP contribution in [0.2, 0.25) is 0 Å². The first kappa shape index (κ1) is 12.6. The standard InChI is InChI=1S/C17H14N4O/c1-4-14(12-15(5-1)21-9-3-7-19-21)17-18-8-10-20(17)13-16-6-2-11-22-16/h1-12H,13H2. The van der Waals surface area contributed by atoms with Gasteiger partial charge in [0.2, 0.25) is 0 Å². The molecule has 5 nitrogen and oxygen atoms in total. The second-order valence-corrected chi connectivity index (χ2v) is 4.96. The second kappa shape index (κ2) is 5.37. The van der Waals surface area contributed by atoms with Crippen LogP contribution >= 0.6 is 0 Å². The van der Waals surface area contributed by atoms with E-state index in [1.807, 2.05) is 53.5 Å². The number of imidazole rings is 1. The van der Waals surface area contributed by atoms with Gasteiger partial charge in [-0.1, -0.05) is 12.1 Å². The molecule has 0 unspecified atom stereocenters. The van der Waals surface area contributed by atoms with Crippen LogP contribution in [0.3, 0.4) is 0 Å². The zero-order chi connectivity index (χ0) is 14.8. The van der Waals surface area contributed by atoms with Crippen LogP contribution in [0.15, 0.2) is 77.9 Å². The number of hydrogen-bond donors (Lipinski definition) is 0. The molecule has 0 saturated heterocycles. The van der Waals surface area contributed by atoms with Crippen LogP contribution in [0.1, 0.15) is 5.76 Å². The predicted molar refractivity (Wildman–Crippen MR) is 82.6 cm³/mol. The first-order valence-corrected chi connectivity index (χ1v) is 7.04. The first-order valence-electron chi connectivity index (χ1n) is 7.04. The molecule has 1 aromatic carbocycles. The maximum Gasteiger partial charge on any atom is 0.140 e. The van der Waals surface area contributed by atoms with Gasteiger partial charge in [-0.3, -0.25) is 0 Å². The van der Waals surface area contributed by atoms with Crippen LogP contribution in [0.5, 0.6) is 0 Å². The van der Waals surface area contributed by atoms with E-state index in [0.717, 1.165) is 22.8 Å². The zero-order valence-corrected chi connectivity index (χ0v) is 11.8. The normalized spacial score (nSPS) is 10.9. The number of benzene rings is 1. The lowest BCUT2D eigenvalue weighted by molar-refractivity contribution is 0.494. The fraction of sp³-hybridized carbons (Fsp3) is 0.0588. The summed E-state index contributed by atoms with van der Waals surface area (Å²) in [6, 6.07) is 13.9. The van der Waals surface area contributed by atoms with Crippen molar-refractivity contribution in [3.05, 3.63) is 79.3 Å². The van der Waals surface area contributed by atoms with Gasteiger partial charge in [-0.15, -0.1) is 0 Å². The molecule has 0 fully saturated rings. The minimum absolute atomic E-state index is 0.661. The first-order chi connectivity index (χ1) is 10.9. The Hall–Kier alpha value is -3.08. The molecule has 0 saturated carbocycles. The SMILES string of the molecule is c1cc(-c2nccn2Cc2ccco2)cc(-n2cccn2)c1. The molecule has 0 aliphatic carbocycles. The van der Waals surface area contributed by atoms with E-state index in [4.69, 9.17) is 4.42 Å². The summed E-state index contributed by atoms with van der Waals surface area (Å²) in [5.41, 5.74) is 2.06. The molecule has 0 amide bonds. The molecular formula is C17H14N4O. The molecule has 3 heterocycles. The van der Waals surface area contributed by atoms with Gasteiger partial charge in [-0.2, -0.15) is 5.10 Å². The van der Waals surface area contributed by atoms with Gasteiger partial charge in [0.25, 0.3) is 0 Å². The summed E-state index contributed by atoms with van der Waals surface area (Å²) in [6.07, 6.45) is 9.14. The van der Waals surface area contributed by atoms with Crippen LogP contribution in [0, 0.1) is 0 Å². The van der Waals surface area contributed by atoms with Crippen molar-refractivity contribution in [1.82, 2.24) is 19.3 Å². The Balaban J connectivity index is 1.71. The highest BCUT2D eigenvalue weighted by atomic mass is 16.3. The monoisotopic (exact) mass is 290 g/mol. The van der Waals surface area contributed by atoms with E-state index in [0.29, 0.717) is 6.54 Å². The summed E-state index contributed by atoms with van der Waals surface area (Å²) in [5, 5.41) is 4.27. The number of hydrogen-bond acceptors (Lipinski definition) is 3. The van der Waals surface area contributed by atoms with Gasteiger partial charge >= 0.3 is 0 Å². The lowest BCUT2D eigenvalue weighted by Gasteiger charge is -2.08. The third kappa shape index (κ3) is 2.33. The Morgan fingerprint density at radius 2 is 2.00 bits per heavy atom. The molecule has 3 aromatic heterocycles. The van der Waals surface area contributed by atoms with E-state index in [1.165, 1.54) is 0 Å². The van der Waals surface area contributed by atoms with Crippen molar-refractivity contribution in [3.63, 3.8) is 0 Å². The van der Waals surface area contributed by atoms with Crippen molar-refractivity contribution >= 4 is 0 Å².